The van der Waals surface area contributed by atoms with Crippen molar-refractivity contribution in [2.75, 3.05) is 227 Å². The van der Waals surface area contributed by atoms with Crippen LogP contribution in [0.5, 0.6) is 46.0 Å². The summed E-state index contributed by atoms with van der Waals surface area (Å²) in [6.45, 7) is 28.7. The summed E-state index contributed by atoms with van der Waals surface area (Å²) in [7, 11) is 6.35. The first-order valence-corrected chi connectivity index (χ1v) is 45.6. The maximum Gasteiger partial charge on any atom is 0.508 e. The van der Waals surface area contributed by atoms with Gasteiger partial charge in [-0.15, -0.1) is 0 Å². The van der Waals surface area contributed by atoms with E-state index in [9.17, 15) is 19.2 Å². The Hall–Kier alpha value is -8.16. The molecule has 0 radical (unpaired) electrons. The van der Waals surface area contributed by atoms with E-state index in [1.165, 1.54) is 0 Å². The monoisotopic (exact) mass is 1820 g/mol. The van der Waals surface area contributed by atoms with Crippen molar-refractivity contribution >= 4 is 24.6 Å². The molecule has 4 aromatic carbocycles. The Bertz CT molecular complexity index is 3660. The normalized spacial score (nSPS) is 26.3. The van der Waals surface area contributed by atoms with Gasteiger partial charge in [0.25, 0.3) is 0 Å². The van der Waals surface area contributed by atoms with Crippen molar-refractivity contribution in [3.8, 4) is 46.0 Å². The standard InChI is InChI=1S/C96H138O33/c1-15-87(47-110-71-29-25-67(33-75(71)101-11)79-114-51-89(17-3,52-115-79)39-106-43-93(21-7)59-122-83(97)123-60-93,48-111-72-30-26-68(34-76(72)102-12)80-116-53-90(18-4,54-117-80)40-107-44-94(22-8)61-124-84(98)125-62-94)37-105-38-88(16-2,49-112-73-31-27-69(35-77(73)103-13)81-118-55-91(19-5,56-119-81)41-108-45-95(23-9)63-126-85(99)127-64-95)50-113-74-32-28-70(36-78(74)104-14)82-120-57-92(20-6,58-121-82)42-109-46-96(24-10)65-128-86(100)129-66-96/h25-36,79-82H,15-24,37-66H2,1-14H3. The average molecular weight is 1820 g/mol. The molecule has 0 amide bonds. The van der Waals surface area contributed by atoms with E-state index in [4.69, 9.17) is 137 Å². The summed E-state index contributed by atoms with van der Waals surface area (Å²) < 4.78 is 179. The molecule has 8 saturated heterocycles. The number of hydrogen-bond donors (Lipinski definition) is 0. The Morgan fingerprint density at radius 1 is 0.248 bits per heavy atom. The van der Waals surface area contributed by atoms with E-state index in [2.05, 4.69) is 41.5 Å². The fourth-order valence-corrected chi connectivity index (χ4v) is 16.3. The lowest BCUT2D eigenvalue weighted by Crippen LogP contribution is -2.45. The lowest BCUT2D eigenvalue weighted by atomic mass is 9.85. The third-order valence-corrected chi connectivity index (χ3v) is 27.9. The third kappa shape index (κ3) is 25.0. The van der Waals surface area contributed by atoms with Gasteiger partial charge in [-0.25, -0.2) is 19.2 Å². The number of rotatable bonds is 50. The minimum absolute atomic E-state index is 0.0728. The number of cyclic esters (lactones) is 8. The van der Waals surface area contributed by atoms with Crippen molar-refractivity contribution in [2.24, 2.45) is 54.1 Å². The minimum atomic E-state index is -0.896. The van der Waals surface area contributed by atoms with E-state index >= 15 is 0 Å². The predicted octanol–water partition coefficient (Wildman–Crippen LogP) is 16.2. The number of ether oxygens (including phenoxy) is 29. The molecule has 33 heteroatoms. The van der Waals surface area contributed by atoms with Gasteiger partial charge >= 0.3 is 24.6 Å². The first-order valence-electron chi connectivity index (χ1n) is 45.6. The zero-order valence-electron chi connectivity index (χ0n) is 78.0. The van der Waals surface area contributed by atoms with Gasteiger partial charge in [-0.3, -0.25) is 0 Å². The SMILES string of the molecule is CCC1(COCC2(CC)COC(c3ccc(OCC(CC)(COCC(CC)(COc4ccc(C5OCC(CC)(COCC6(CC)COC(=O)OC6)CO5)cc4OC)COc4ccc(C5OCC(CC)(COCC6(CC)COC(=O)OC6)CO5)cc4OC)COc4ccc(C5OCC(CC)(COCC6(CC)COC(=O)OC6)CO5)cc4OC)c(OC)c3)OC2)COC(=O)OC1. The van der Waals surface area contributed by atoms with Gasteiger partial charge in [0.2, 0.25) is 0 Å². The van der Waals surface area contributed by atoms with Crippen molar-refractivity contribution in [3.05, 3.63) is 95.1 Å². The topological polar surface area (TPSA) is 336 Å². The molecule has 8 aliphatic heterocycles. The first-order chi connectivity index (χ1) is 62.3. The highest BCUT2D eigenvalue weighted by Gasteiger charge is 2.48. The Morgan fingerprint density at radius 2 is 0.426 bits per heavy atom. The van der Waals surface area contributed by atoms with Gasteiger partial charge < -0.3 is 137 Å². The summed E-state index contributed by atoms with van der Waals surface area (Å²) in [5.41, 5.74) is -2.39. The quantitative estimate of drug-likeness (QED) is 0.0293. The summed E-state index contributed by atoms with van der Waals surface area (Å²) in [5.74, 6) is 3.59. The van der Waals surface area contributed by atoms with E-state index in [1.807, 2.05) is 100 Å². The average Bonchev–Trinajstić information content (AvgIpc) is 0.809. The number of hydrogen-bond acceptors (Lipinski definition) is 33. The highest BCUT2D eigenvalue weighted by Crippen LogP contribution is 2.47. The zero-order valence-corrected chi connectivity index (χ0v) is 78.0. The molecule has 0 aromatic heterocycles. The van der Waals surface area contributed by atoms with Crippen LogP contribution in [0.25, 0.3) is 0 Å². The van der Waals surface area contributed by atoms with Crippen LogP contribution in [-0.2, 0) is 99.5 Å². The molecule has 129 heavy (non-hydrogen) atoms. The molecule has 8 aliphatic rings. The maximum atomic E-state index is 11.8. The molecule has 0 spiro atoms. The fourth-order valence-electron chi connectivity index (χ4n) is 16.3. The van der Waals surface area contributed by atoms with Crippen LogP contribution in [0.1, 0.15) is 181 Å². The smallest absolute Gasteiger partial charge is 0.493 e. The third-order valence-electron chi connectivity index (χ3n) is 27.9. The van der Waals surface area contributed by atoms with Gasteiger partial charge in [0, 0.05) is 43.9 Å². The molecule has 0 saturated carbocycles. The van der Waals surface area contributed by atoms with Crippen LogP contribution < -0.4 is 37.9 Å². The molecule has 720 valence electrons. The molecule has 0 unspecified atom stereocenters. The zero-order chi connectivity index (χ0) is 91.8. The second kappa shape index (κ2) is 45.5. The molecule has 0 bridgehead atoms. The van der Waals surface area contributed by atoms with E-state index < -0.39 is 104 Å². The summed E-state index contributed by atoms with van der Waals surface area (Å²) >= 11 is 0. The van der Waals surface area contributed by atoms with Crippen LogP contribution in [0, 0.1) is 54.1 Å². The van der Waals surface area contributed by atoms with Gasteiger partial charge in [-0.05, 0) is 113 Å². The van der Waals surface area contributed by atoms with Crippen molar-refractivity contribution in [1.29, 1.82) is 0 Å². The van der Waals surface area contributed by atoms with Gasteiger partial charge in [0.05, 0.1) is 206 Å². The summed E-state index contributed by atoms with van der Waals surface area (Å²) in [6, 6.07) is 22.5. The fraction of sp³-hybridized carbons (Fsp3) is 0.708. The molecule has 33 nitrogen and oxygen atoms in total. The van der Waals surface area contributed by atoms with Crippen LogP contribution in [0.4, 0.5) is 19.2 Å². The van der Waals surface area contributed by atoms with Crippen molar-refractivity contribution in [3.63, 3.8) is 0 Å². The van der Waals surface area contributed by atoms with Crippen LogP contribution in [0.15, 0.2) is 72.8 Å². The molecular weight excluding hydrogens is 1680 g/mol. The van der Waals surface area contributed by atoms with Crippen LogP contribution in [0.2, 0.25) is 0 Å². The second-order valence-electron chi connectivity index (χ2n) is 36.9. The summed E-state index contributed by atoms with van der Waals surface area (Å²) in [4.78, 5) is 47.0. The Kier molecular flexibility index (Phi) is 35.2. The van der Waals surface area contributed by atoms with E-state index in [0.717, 1.165) is 47.9 Å². The van der Waals surface area contributed by atoms with Gasteiger partial charge in [-0.2, -0.15) is 0 Å². The molecule has 0 N–H and O–H groups in total. The number of benzene rings is 4. The molecule has 8 fully saturated rings. The molecular formula is C96H138O33. The van der Waals surface area contributed by atoms with E-state index in [-0.39, 0.29) is 92.5 Å². The molecule has 12 rings (SSSR count). The highest BCUT2D eigenvalue weighted by atomic mass is 16.8. The van der Waals surface area contributed by atoms with Crippen LogP contribution in [-0.4, -0.2) is 251 Å². The molecule has 8 heterocycles. The van der Waals surface area contributed by atoms with E-state index in [0.29, 0.717) is 190 Å². The number of carbonyl (C=O) groups is 4. The lowest BCUT2D eigenvalue weighted by Gasteiger charge is -2.41. The van der Waals surface area contributed by atoms with Crippen LogP contribution >= 0.6 is 0 Å². The van der Waals surface area contributed by atoms with Gasteiger partial charge in [0.15, 0.2) is 71.2 Å². The number of methoxy groups -OCH3 is 4. The van der Waals surface area contributed by atoms with Crippen LogP contribution in [0.3, 0.4) is 0 Å². The minimum Gasteiger partial charge on any atom is -0.493 e. The first kappa shape index (κ1) is 99.8. The molecule has 0 atom stereocenters. The molecule has 0 aliphatic carbocycles. The Morgan fingerprint density at radius 3 is 0.589 bits per heavy atom. The van der Waals surface area contributed by atoms with Gasteiger partial charge in [0.1, 0.15) is 52.9 Å². The van der Waals surface area contributed by atoms with Crippen molar-refractivity contribution in [2.45, 2.75) is 159 Å². The van der Waals surface area contributed by atoms with E-state index in [1.54, 1.807) is 28.4 Å². The van der Waals surface area contributed by atoms with Crippen molar-refractivity contribution < 1.29 is 157 Å². The highest BCUT2D eigenvalue weighted by molar-refractivity contribution is 5.62. The largest absolute Gasteiger partial charge is 0.508 e. The lowest BCUT2D eigenvalue weighted by molar-refractivity contribution is -0.247. The summed E-state index contributed by atoms with van der Waals surface area (Å²) in [5, 5.41) is 0. The predicted molar refractivity (Wildman–Crippen MR) is 463 cm³/mol. The Labute approximate surface area is 758 Å². The van der Waals surface area contributed by atoms with Gasteiger partial charge in [-0.1, -0.05) is 93.5 Å². The molecule has 4 aromatic rings. The maximum absolute atomic E-state index is 11.8. The second-order valence-corrected chi connectivity index (χ2v) is 36.9. The summed E-state index contributed by atoms with van der Waals surface area (Å²) in [6.07, 6.45) is 1.18. The Balaban J connectivity index is 0.774. The number of carbonyl (C=O) groups excluding carboxylic acids is 4. The van der Waals surface area contributed by atoms with Crippen molar-refractivity contribution in [1.82, 2.24) is 0 Å².